The van der Waals surface area contributed by atoms with E-state index in [0.717, 1.165) is 5.56 Å². The van der Waals surface area contributed by atoms with E-state index in [-0.39, 0.29) is 37.1 Å². The molecule has 3 aromatic rings. The average Bonchev–Trinajstić information content (AvgIpc) is 3.16. The van der Waals surface area contributed by atoms with Gasteiger partial charge in [0.15, 0.2) is 0 Å². The van der Waals surface area contributed by atoms with Gasteiger partial charge in [0.2, 0.25) is 0 Å². The van der Waals surface area contributed by atoms with Crippen LogP contribution in [0, 0.1) is 0 Å². The molecule has 0 aliphatic carbocycles. The molecular weight excluding hydrogens is 716 g/mol. The number of halogens is 1. The van der Waals surface area contributed by atoms with Gasteiger partial charge in [-0.3, -0.25) is 0 Å². The van der Waals surface area contributed by atoms with Crippen molar-refractivity contribution in [3.63, 3.8) is 0 Å². The number of aliphatic hydroxyl groups is 1. The molecule has 0 aromatic heterocycles. The molecule has 2 unspecified atom stereocenters. The number of aliphatic hydroxyl groups excluding tert-OH is 1. The van der Waals surface area contributed by atoms with Gasteiger partial charge in [-0.15, -0.1) is 0 Å². The fraction of sp³-hybridized carbons (Fsp3) is 0.415. The van der Waals surface area contributed by atoms with E-state index in [1.807, 2.05) is 38.1 Å². The Balaban J connectivity index is 1.12. The topological polar surface area (TPSA) is 143 Å². The zero-order chi connectivity index (χ0) is 38.9. The highest BCUT2D eigenvalue weighted by Gasteiger charge is 2.38. The van der Waals surface area contributed by atoms with Crippen LogP contribution in [0.2, 0.25) is 5.02 Å². The molecule has 54 heavy (non-hydrogen) atoms. The minimum atomic E-state index is -0.774. The van der Waals surface area contributed by atoms with Crippen LogP contribution in [0.5, 0.6) is 17.2 Å². The highest BCUT2D eigenvalue weighted by Crippen LogP contribution is 2.41. The van der Waals surface area contributed by atoms with Gasteiger partial charge in [0.25, 0.3) is 0 Å². The van der Waals surface area contributed by atoms with Crippen LogP contribution in [0.4, 0.5) is 0 Å². The maximum absolute atomic E-state index is 13.4. The van der Waals surface area contributed by atoms with Crippen molar-refractivity contribution in [3.05, 3.63) is 111 Å². The summed E-state index contributed by atoms with van der Waals surface area (Å²) in [6.07, 6.45) is -0.497. The number of methoxy groups -OCH3 is 1. The van der Waals surface area contributed by atoms with E-state index < -0.39 is 24.0 Å². The van der Waals surface area contributed by atoms with Crippen LogP contribution < -0.4 is 24.8 Å². The zero-order valence-corrected chi connectivity index (χ0v) is 32.3. The van der Waals surface area contributed by atoms with Gasteiger partial charge >= 0.3 is 11.9 Å². The van der Waals surface area contributed by atoms with Crippen LogP contribution in [0.1, 0.15) is 44.7 Å². The van der Waals surface area contributed by atoms with Gasteiger partial charge in [0.1, 0.15) is 49.8 Å². The molecule has 292 valence electrons. The fourth-order valence-corrected chi connectivity index (χ4v) is 5.89. The van der Waals surface area contributed by atoms with Crippen molar-refractivity contribution < 1.29 is 47.9 Å². The van der Waals surface area contributed by atoms with Gasteiger partial charge in [-0.2, -0.15) is 0 Å². The summed E-state index contributed by atoms with van der Waals surface area (Å²) in [7, 11) is 1.29. The highest BCUT2D eigenvalue weighted by atomic mass is 35.5. The Kier molecular flexibility index (Phi) is 17.1. The number of carbonyl (C=O) groups is 2. The van der Waals surface area contributed by atoms with Crippen LogP contribution in [0.25, 0.3) is 0 Å². The van der Waals surface area contributed by atoms with Crippen LogP contribution in [0.3, 0.4) is 0 Å². The molecule has 1 aliphatic heterocycles. The van der Waals surface area contributed by atoms with Crippen molar-refractivity contribution in [3.8, 4) is 17.2 Å². The molecule has 0 fully saturated rings. The van der Waals surface area contributed by atoms with Crippen molar-refractivity contribution in [1.82, 2.24) is 10.6 Å². The number of carbonyl (C=O) groups excluding carboxylic acids is 2. The van der Waals surface area contributed by atoms with E-state index in [9.17, 15) is 14.7 Å². The second-order valence-electron chi connectivity index (χ2n) is 12.7. The number of nitrogens with one attached hydrogen (secondary N) is 2. The van der Waals surface area contributed by atoms with E-state index >= 15 is 0 Å². The number of hydrogen-bond acceptors (Lipinski definition) is 12. The van der Waals surface area contributed by atoms with E-state index in [2.05, 4.69) is 10.6 Å². The van der Waals surface area contributed by atoms with E-state index in [1.165, 1.54) is 7.11 Å². The maximum Gasteiger partial charge on any atom is 0.336 e. The Morgan fingerprint density at radius 3 is 2.06 bits per heavy atom. The molecule has 3 aromatic carbocycles. The lowest BCUT2D eigenvalue weighted by Crippen LogP contribution is -2.33. The van der Waals surface area contributed by atoms with Crippen LogP contribution in [0.15, 0.2) is 95.3 Å². The summed E-state index contributed by atoms with van der Waals surface area (Å²) in [6.45, 7) is 10.6. The molecule has 13 heteroatoms. The van der Waals surface area contributed by atoms with Gasteiger partial charge in [0, 0.05) is 29.5 Å². The Bertz CT molecular complexity index is 1710. The molecule has 0 bridgehead atoms. The van der Waals surface area contributed by atoms with Gasteiger partial charge in [-0.1, -0.05) is 41.9 Å². The van der Waals surface area contributed by atoms with Gasteiger partial charge < -0.3 is 48.9 Å². The molecule has 3 N–H and O–H groups in total. The number of allylic oxidation sites excluding steroid dienone is 2. The first-order chi connectivity index (χ1) is 26.1. The Morgan fingerprint density at radius 2 is 1.41 bits per heavy atom. The minimum absolute atomic E-state index is 0.0289. The predicted octanol–water partition coefficient (Wildman–Crippen LogP) is 5.72. The second-order valence-corrected chi connectivity index (χ2v) is 13.1. The number of esters is 2. The Hall–Kier alpha value is -4.59. The SMILES string of the molecule is COC(=O)C1=C(C)NC(C)=C(C(=O)OCCOc2ccc(OCCNCC(O)COc3ccc(COCCOC(C)C)cc3)cc2)C1c1ccccc1Cl. The summed E-state index contributed by atoms with van der Waals surface area (Å²) < 4.78 is 39.0. The van der Waals surface area contributed by atoms with Crippen molar-refractivity contribution in [2.75, 3.05) is 59.8 Å². The summed E-state index contributed by atoms with van der Waals surface area (Å²) in [4.78, 5) is 26.2. The fourth-order valence-electron chi connectivity index (χ4n) is 5.64. The summed E-state index contributed by atoms with van der Waals surface area (Å²) in [6, 6.07) is 21.7. The molecule has 4 rings (SSSR count). The zero-order valence-electron chi connectivity index (χ0n) is 31.5. The van der Waals surface area contributed by atoms with Gasteiger partial charge in [-0.25, -0.2) is 9.59 Å². The van der Waals surface area contributed by atoms with Crippen molar-refractivity contribution >= 4 is 23.5 Å². The number of hydrogen-bond donors (Lipinski definition) is 3. The number of rotatable bonds is 22. The first-order valence-corrected chi connectivity index (χ1v) is 18.3. The molecule has 0 saturated carbocycles. The summed E-state index contributed by atoms with van der Waals surface area (Å²) in [5.74, 6) is -0.0444. The van der Waals surface area contributed by atoms with E-state index in [1.54, 1.807) is 62.4 Å². The normalized spacial score (nSPS) is 14.8. The first-order valence-electron chi connectivity index (χ1n) is 17.9. The number of ether oxygens (including phenoxy) is 7. The number of benzene rings is 3. The molecular formula is C41H51ClN2O10. The summed E-state index contributed by atoms with van der Waals surface area (Å²) in [5, 5.41) is 17.0. The number of dihydropyridines is 1. The van der Waals surface area contributed by atoms with Crippen LogP contribution in [-0.4, -0.2) is 89.1 Å². The lowest BCUT2D eigenvalue weighted by atomic mass is 9.80. The van der Waals surface area contributed by atoms with Crippen molar-refractivity contribution in [2.24, 2.45) is 0 Å². The Morgan fingerprint density at radius 1 is 0.796 bits per heavy atom. The third-order valence-electron chi connectivity index (χ3n) is 8.25. The van der Waals surface area contributed by atoms with E-state index in [4.69, 9.17) is 44.8 Å². The monoisotopic (exact) mass is 766 g/mol. The highest BCUT2D eigenvalue weighted by molar-refractivity contribution is 6.31. The molecule has 12 nitrogen and oxygen atoms in total. The maximum atomic E-state index is 13.4. The van der Waals surface area contributed by atoms with E-state index in [0.29, 0.717) is 78.7 Å². The first kappa shape index (κ1) is 42.2. The quantitative estimate of drug-likeness (QED) is 0.0851. The van der Waals surface area contributed by atoms with Crippen molar-refractivity contribution in [1.29, 1.82) is 0 Å². The van der Waals surface area contributed by atoms with Crippen LogP contribution >= 0.6 is 11.6 Å². The standard InChI is InChI=1S/C41H51ClN2O10/c1-27(2)50-21-20-49-25-30-10-12-34(13-11-30)54-26-31(45)24-43-18-19-51-32-14-16-33(17-15-32)52-22-23-53-41(47)38-29(4)44-28(3)37(40(46)48-5)39(38)35-8-6-7-9-36(35)42/h6-17,27,31,39,43-45H,18-26H2,1-5H3. The average molecular weight is 767 g/mol. The third-order valence-corrected chi connectivity index (χ3v) is 8.60. The molecule has 1 aliphatic rings. The van der Waals surface area contributed by atoms with Gasteiger partial charge in [-0.05, 0) is 81.3 Å². The van der Waals surface area contributed by atoms with Gasteiger partial charge in [0.05, 0.1) is 50.1 Å². The van der Waals surface area contributed by atoms with Crippen LogP contribution in [-0.2, 0) is 35.1 Å². The lowest BCUT2D eigenvalue weighted by molar-refractivity contribution is -0.140. The minimum Gasteiger partial charge on any atom is -0.492 e. The lowest BCUT2D eigenvalue weighted by Gasteiger charge is -2.30. The smallest absolute Gasteiger partial charge is 0.336 e. The predicted molar refractivity (Wildman–Crippen MR) is 205 cm³/mol. The third kappa shape index (κ3) is 13.1. The molecule has 0 spiro atoms. The molecule has 0 amide bonds. The second kappa shape index (κ2) is 21.9. The summed E-state index contributed by atoms with van der Waals surface area (Å²) >= 11 is 6.53. The largest absolute Gasteiger partial charge is 0.492 e. The molecule has 0 saturated heterocycles. The molecule has 1 heterocycles. The molecule has 2 atom stereocenters. The van der Waals surface area contributed by atoms with Crippen molar-refractivity contribution in [2.45, 2.75) is 52.4 Å². The Labute approximate surface area is 322 Å². The molecule has 0 radical (unpaired) electrons. The summed E-state index contributed by atoms with van der Waals surface area (Å²) in [5.41, 5.74) is 3.29.